The molecule has 22 heavy (non-hydrogen) atoms. The number of nitrogens with zero attached hydrogens (tertiary/aromatic N) is 1. The van der Waals surface area contributed by atoms with Crippen molar-refractivity contribution in [2.75, 3.05) is 13.1 Å². The van der Waals surface area contributed by atoms with Crippen molar-refractivity contribution >= 4 is 17.8 Å². The highest BCUT2D eigenvalue weighted by Gasteiger charge is 2.42. The molecule has 1 heterocycles. The standard InChI is InChI=1S/C16H26N2O4/c1-16(9-5-4-7-12(16)15(21)22)17-13(19)11-18-10-6-2-3-8-14(18)20/h12H,2-11H2,1H3,(H,17,19)(H,21,22). The molecule has 1 aliphatic carbocycles. The van der Waals surface area contributed by atoms with Gasteiger partial charge in [0.15, 0.2) is 0 Å². The van der Waals surface area contributed by atoms with Crippen LogP contribution < -0.4 is 5.32 Å². The summed E-state index contributed by atoms with van der Waals surface area (Å²) < 4.78 is 0. The van der Waals surface area contributed by atoms with Crippen molar-refractivity contribution in [2.45, 2.75) is 63.8 Å². The number of rotatable bonds is 4. The Hall–Kier alpha value is -1.59. The van der Waals surface area contributed by atoms with Gasteiger partial charge in [0.25, 0.3) is 0 Å². The first-order valence-electron chi connectivity index (χ1n) is 8.24. The van der Waals surface area contributed by atoms with Crippen molar-refractivity contribution < 1.29 is 19.5 Å². The molecule has 0 aromatic heterocycles. The van der Waals surface area contributed by atoms with E-state index in [-0.39, 0.29) is 18.4 Å². The van der Waals surface area contributed by atoms with E-state index >= 15 is 0 Å². The summed E-state index contributed by atoms with van der Waals surface area (Å²) in [6.45, 7) is 2.47. The second-order valence-electron chi connectivity index (χ2n) is 6.73. The smallest absolute Gasteiger partial charge is 0.308 e. The van der Waals surface area contributed by atoms with Gasteiger partial charge < -0.3 is 15.3 Å². The van der Waals surface area contributed by atoms with Crippen LogP contribution in [0.1, 0.15) is 58.3 Å². The highest BCUT2D eigenvalue weighted by atomic mass is 16.4. The first kappa shape index (κ1) is 16.8. The first-order valence-corrected chi connectivity index (χ1v) is 8.24. The van der Waals surface area contributed by atoms with Gasteiger partial charge in [-0.25, -0.2) is 0 Å². The van der Waals surface area contributed by atoms with E-state index in [2.05, 4.69) is 5.32 Å². The van der Waals surface area contributed by atoms with Crippen LogP contribution in [0.5, 0.6) is 0 Å². The molecule has 2 fully saturated rings. The zero-order valence-electron chi connectivity index (χ0n) is 13.3. The Bertz CT molecular complexity index is 451. The fourth-order valence-corrected chi connectivity index (χ4v) is 3.62. The lowest BCUT2D eigenvalue weighted by molar-refractivity contribution is -0.147. The van der Waals surface area contributed by atoms with E-state index in [1.54, 1.807) is 4.90 Å². The van der Waals surface area contributed by atoms with E-state index in [0.29, 0.717) is 25.8 Å². The normalized spacial score (nSPS) is 29.8. The lowest BCUT2D eigenvalue weighted by atomic mass is 9.74. The van der Waals surface area contributed by atoms with E-state index in [9.17, 15) is 19.5 Å². The number of amides is 2. The molecule has 6 nitrogen and oxygen atoms in total. The third-order valence-electron chi connectivity index (χ3n) is 4.94. The SMILES string of the molecule is CC1(NC(=O)CN2CCCCCC2=O)CCCCC1C(=O)O. The van der Waals surface area contributed by atoms with E-state index in [4.69, 9.17) is 0 Å². The van der Waals surface area contributed by atoms with Gasteiger partial charge in [0.05, 0.1) is 18.0 Å². The van der Waals surface area contributed by atoms with Crippen LogP contribution in [0.3, 0.4) is 0 Å². The Balaban J connectivity index is 1.97. The Morgan fingerprint density at radius 2 is 2.05 bits per heavy atom. The number of carboxylic acid groups (broad SMARTS) is 1. The molecule has 0 aromatic carbocycles. The van der Waals surface area contributed by atoms with Gasteiger partial charge in [0.2, 0.25) is 11.8 Å². The van der Waals surface area contributed by atoms with Crippen molar-refractivity contribution in [1.29, 1.82) is 0 Å². The fraction of sp³-hybridized carbons (Fsp3) is 0.812. The predicted octanol–water partition coefficient (Wildman–Crippen LogP) is 1.54. The van der Waals surface area contributed by atoms with Gasteiger partial charge in [-0.3, -0.25) is 14.4 Å². The van der Waals surface area contributed by atoms with Gasteiger partial charge in [0.1, 0.15) is 0 Å². The third kappa shape index (κ3) is 3.99. The van der Waals surface area contributed by atoms with Gasteiger partial charge in [-0.05, 0) is 32.6 Å². The monoisotopic (exact) mass is 310 g/mol. The Kier molecular flexibility index (Phi) is 5.42. The minimum atomic E-state index is -0.853. The van der Waals surface area contributed by atoms with Crippen LogP contribution in [0.25, 0.3) is 0 Å². The molecule has 2 atom stereocenters. The molecule has 2 aliphatic rings. The summed E-state index contributed by atoms with van der Waals surface area (Å²) >= 11 is 0. The van der Waals surface area contributed by atoms with Crippen molar-refractivity contribution in [2.24, 2.45) is 5.92 Å². The van der Waals surface area contributed by atoms with Crippen LogP contribution in [0.2, 0.25) is 0 Å². The third-order valence-corrected chi connectivity index (χ3v) is 4.94. The summed E-state index contributed by atoms with van der Waals surface area (Å²) in [5.41, 5.74) is -0.712. The summed E-state index contributed by atoms with van der Waals surface area (Å²) in [6, 6.07) is 0. The van der Waals surface area contributed by atoms with Crippen LogP contribution >= 0.6 is 0 Å². The molecule has 1 saturated carbocycles. The first-order chi connectivity index (χ1) is 10.4. The van der Waals surface area contributed by atoms with Crippen LogP contribution in [0.4, 0.5) is 0 Å². The second kappa shape index (κ2) is 7.11. The molecule has 0 radical (unpaired) electrons. The van der Waals surface area contributed by atoms with Crippen LogP contribution in [-0.4, -0.2) is 46.4 Å². The number of carbonyl (C=O) groups excluding carboxylic acids is 2. The minimum absolute atomic E-state index is 0.0243. The summed E-state index contributed by atoms with van der Waals surface area (Å²) in [5, 5.41) is 12.3. The molecule has 2 rings (SSSR count). The topological polar surface area (TPSA) is 86.7 Å². The molecular weight excluding hydrogens is 284 g/mol. The van der Waals surface area contributed by atoms with Crippen molar-refractivity contribution in [1.82, 2.24) is 10.2 Å². The van der Waals surface area contributed by atoms with E-state index in [0.717, 1.165) is 32.1 Å². The molecule has 2 amide bonds. The molecule has 0 aromatic rings. The highest BCUT2D eigenvalue weighted by molar-refractivity contribution is 5.86. The Labute approximate surface area is 131 Å². The number of aliphatic carboxylic acids is 1. The molecular formula is C16H26N2O4. The molecule has 1 aliphatic heterocycles. The predicted molar refractivity (Wildman–Crippen MR) is 81.2 cm³/mol. The van der Waals surface area contributed by atoms with Crippen LogP contribution in [0, 0.1) is 5.92 Å². The van der Waals surface area contributed by atoms with Crippen LogP contribution in [0.15, 0.2) is 0 Å². The van der Waals surface area contributed by atoms with Crippen molar-refractivity contribution in [3.63, 3.8) is 0 Å². The largest absolute Gasteiger partial charge is 0.481 e. The summed E-state index contributed by atoms with van der Waals surface area (Å²) in [6.07, 6.45) is 6.39. The molecule has 1 saturated heterocycles. The number of carboxylic acids is 1. The molecule has 6 heteroatoms. The highest BCUT2D eigenvalue weighted by Crippen LogP contribution is 2.33. The second-order valence-corrected chi connectivity index (χ2v) is 6.73. The number of likely N-dealkylation sites (tertiary alicyclic amines) is 1. The number of hydrogen-bond acceptors (Lipinski definition) is 3. The number of carbonyl (C=O) groups is 3. The zero-order valence-corrected chi connectivity index (χ0v) is 13.3. The quantitative estimate of drug-likeness (QED) is 0.824. The number of nitrogens with one attached hydrogen (secondary N) is 1. The van der Waals surface area contributed by atoms with Crippen LogP contribution in [-0.2, 0) is 14.4 Å². The van der Waals surface area contributed by atoms with Gasteiger partial charge in [0, 0.05) is 13.0 Å². The Morgan fingerprint density at radius 3 is 2.77 bits per heavy atom. The molecule has 2 unspecified atom stereocenters. The minimum Gasteiger partial charge on any atom is -0.481 e. The maximum atomic E-state index is 12.3. The Morgan fingerprint density at radius 1 is 1.27 bits per heavy atom. The van der Waals surface area contributed by atoms with Gasteiger partial charge in [-0.2, -0.15) is 0 Å². The zero-order chi connectivity index (χ0) is 16.2. The summed E-state index contributed by atoms with van der Waals surface area (Å²) in [4.78, 5) is 37.3. The lowest BCUT2D eigenvalue weighted by Gasteiger charge is -2.40. The van der Waals surface area contributed by atoms with Crippen molar-refractivity contribution in [3.8, 4) is 0 Å². The van der Waals surface area contributed by atoms with Gasteiger partial charge >= 0.3 is 5.97 Å². The van der Waals surface area contributed by atoms with E-state index in [1.165, 1.54) is 0 Å². The molecule has 0 bridgehead atoms. The molecule has 2 N–H and O–H groups in total. The maximum Gasteiger partial charge on any atom is 0.308 e. The van der Waals surface area contributed by atoms with Gasteiger partial charge in [-0.15, -0.1) is 0 Å². The molecule has 0 spiro atoms. The summed E-state index contributed by atoms with van der Waals surface area (Å²) in [7, 11) is 0. The average molecular weight is 310 g/mol. The average Bonchev–Trinajstić information content (AvgIpc) is 2.63. The van der Waals surface area contributed by atoms with Gasteiger partial charge in [-0.1, -0.05) is 19.3 Å². The fourth-order valence-electron chi connectivity index (χ4n) is 3.62. The van der Waals surface area contributed by atoms with E-state index in [1.807, 2.05) is 6.92 Å². The van der Waals surface area contributed by atoms with E-state index < -0.39 is 17.4 Å². The van der Waals surface area contributed by atoms with Crippen molar-refractivity contribution in [3.05, 3.63) is 0 Å². The summed E-state index contributed by atoms with van der Waals surface area (Å²) in [5.74, 6) is -1.62. The molecule has 124 valence electrons. The maximum absolute atomic E-state index is 12.3. The lowest BCUT2D eigenvalue weighted by Crippen LogP contribution is -2.57. The number of hydrogen-bond donors (Lipinski definition) is 2.